The number of anilines is 1. The highest BCUT2D eigenvalue weighted by molar-refractivity contribution is 5.95. The Morgan fingerprint density at radius 3 is 2.80 bits per heavy atom. The third-order valence-corrected chi connectivity index (χ3v) is 5.97. The van der Waals surface area contributed by atoms with Crippen LogP contribution in [-0.4, -0.2) is 57.4 Å². The molecule has 1 spiro atoms. The number of benzene rings is 1. The highest BCUT2D eigenvalue weighted by Crippen LogP contribution is 2.34. The molecule has 0 aliphatic carbocycles. The van der Waals surface area contributed by atoms with Crippen molar-refractivity contribution >= 4 is 11.6 Å². The predicted octanol–water partition coefficient (Wildman–Crippen LogP) is 2.22. The van der Waals surface area contributed by atoms with Crippen molar-refractivity contribution in [1.82, 2.24) is 4.90 Å². The summed E-state index contributed by atoms with van der Waals surface area (Å²) in [5, 5.41) is 0. The molecule has 0 saturated carbocycles. The van der Waals surface area contributed by atoms with E-state index in [1.165, 1.54) is 11.1 Å². The van der Waals surface area contributed by atoms with Gasteiger partial charge < -0.3 is 14.4 Å². The lowest BCUT2D eigenvalue weighted by atomic mass is 9.80. The summed E-state index contributed by atoms with van der Waals surface area (Å²) in [6, 6.07) is 6.58. The summed E-state index contributed by atoms with van der Waals surface area (Å²) >= 11 is 0. The Balaban J connectivity index is 1.48. The summed E-state index contributed by atoms with van der Waals surface area (Å²) in [5.74, 6) is 0.214. The van der Waals surface area contributed by atoms with Gasteiger partial charge in [-0.2, -0.15) is 0 Å². The van der Waals surface area contributed by atoms with Crippen LogP contribution < -0.4 is 4.90 Å². The van der Waals surface area contributed by atoms with Gasteiger partial charge in [-0.05, 0) is 36.5 Å². The topological polar surface area (TPSA) is 42.0 Å². The molecule has 0 aromatic heterocycles. The lowest BCUT2D eigenvalue weighted by molar-refractivity contribution is -0.118. The molecule has 0 bridgehead atoms. The minimum Gasteiger partial charge on any atom is -0.381 e. The Bertz CT molecular complexity index is 640. The van der Waals surface area contributed by atoms with E-state index in [0.717, 1.165) is 71.0 Å². The van der Waals surface area contributed by atoms with Crippen molar-refractivity contribution < 1.29 is 14.3 Å². The first-order chi connectivity index (χ1) is 12.2. The van der Waals surface area contributed by atoms with Crippen molar-refractivity contribution in [2.45, 2.75) is 32.2 Å². The number of nitrogens with zero attached hydrogens (tertiary/aromatic N) is 2. The second-order valence-electron chi connectivity index (χ2n) is 7.79. The molecule has 0 radical (unpaired) electrons. The maximum absolute atomic E-state index is 11.9. The number of carbonyl (C=O) groups excluding carboxylic acids is 1. The standard InChI is InChI=1S/C20H28N2O3/c1-21-18-4-2-16(12-17(18)3-5-19(21)23)13-22-8-11-25-15-20(14-22)6-9-24-10-7-20/h2,4,12H,3,5-11,13-15H2,1H3. The van der Waals surface area contributed by atoms with Crippen LogP contribution in [0.2, 0.25) is 0 Å². The third kappa shape index (κ3) is 3.59. The number of aryl methyl sites for hydroxylation is 1. The number of ether oxygens (including phenoxy) is 2. The van der Waals surface area contributed by atoms with Gasteiger partial charge in [-0.25, -0.2) is 0 Å². The molecule has 0 atom stereocenters. The van der Waals surface area contributed by atoms with E-state index in [-0.39, 0.29) is 11.3 Å². The molecule has 2 saturated heterocycles. The third-order valence-electron chi connectivity index (χ3n) is 5.97. The maximum Gasteiger partial charge on any atom is 0.227 e. The van der Waals surface area contributed by atoms with Gasteiger partial charge in [-0.15, -0.1) is 0 Å². The normalized spacial score (nSPS) is 24.2. The van der Waals surface area contributed by atoms with E-state index in [1.54, 1.807) is 4.90 Å². The Labute approximate surface area is 149 Å². The lowest BCUT2D eigenvalue weighted by Crippen LogP contribution is -2.42. The molecule has 1 aromatic rings. The Hall–Kier alpha value is -1.43. The monoisotopic (exact) mass is 344 g/mol. The fourth-order valence-electron chi connectivity index (χ4n) is 4.39. The molecule has 3 aliphatic rings. The lowest BCUT2D eigenvalue weighted by Gasteiger charge is -2.38. The van der Waals surface area contributed by atoms with E-state index >= 15 is 0 Å². The Morgan fingerprint density at radius 2 is 1.96 bits per heavy atom. The molecule has 3 aliphatic heterocycles. The fourth-order valence-corrected chi connectivity index (χ4v) is 4.39. The first kappa shape index (κ1) is 17.0. The minimum atomic E-state index is 0.214. The number of carbonyl (C=O) groups is 1. The van der Waals surface area contributed by atoms with Crippen LogP contribution >= 0.6 is 0 Å². The van der Waals surface area contributed by atoms with Crippen molar-refractivity contribution in [2.75, 3.05) is 51.5 Å². The van der Waals surface area contributed by atoms with Crippen LogP contribution in [-0.2, 0) is 27.2 Å². The van der Waals surface area contributed by atoms with Crippen molar-refractivity contribution in [3.05, 3.63) is 29.3 Å². The van der Waals surface area contributed by atoms with Crippen LogP contribution in [0, 0.1) is 5.41 Å². The second-order valence-corrected chi connectivity index (χ2v) is 7.79. The number of rotatable bonds is 2. The average Bonchev–Trinajstić information content (AvgIpc) is 2.81. The number of hydrogen-bond acceptors (Lipinski definition) is 4. The van der Waals surface area contributed by atoms with Gasteiger partial charge >= 0.3 is 0 Å². The molecule has 0 N–H and O–H groups in total. The first-order valence-electron chi connectivity index (χ1n) is 9.41. The summed E-state index contributed by atoms with van der Waals surface area (Å²) in [5.41, 5.74) is 3.97. The van der Waals surface area contributed by atoms with Crippen LogP contribution in [0.25, 0.3) is 0 Å². The number of amides is 1. The summed E-state index contributed by atoms with van der Waals surface area (Å²) in [6.07, 6.45) is 3.67. The van der Waals surface area contributed by atoms with Gasteiger partial charge in [-0.3, -0.25) is 9.69 Å². The summed E-state index contributed by atoms with van der Waals surface area (Å²) in [4.78, 5) is 16.2. The van der Waals surface area contributed by atoms with Gasteiger partial charge in [0.1, 0.15) is 0 Å². The number of hydrogen-bond donors (Lipinski definition) is 0. The number of fused-ring (bicyclic) bond motifs is 1. The van der Waals surface area contributed by atoms with Gasteiger partial charge in [0.15, 0.2) is 0 Å². The first-order valence-corrected chi connectivity index (χ1v) is 9.41. The quantitative estimate of drug-likeness (QED) is 0.825. The zero-order valence-electron chi connectivity index (χ0n) is 15.1. The largest absolute Gasteiger partial charge is 0.381 e. The Kier molecular flexibility index (Phi) is 4.80. The van der Waals surface area contributed by atoms with Crippen molar-refractivity contribution in [1.29, 1.82) is 0 Å². The van der Waals surface area contributed by atoms with Crippen LogP contribution in [0.5, 0.6) is 0 Å². The highest BCUT2D eigenvalue weighted by atomic mass is 16.5. The predicted molar refractivity (Wildman–Crippen MR) is 96.8 cm³/mol. The zero-order valence-corrected chi connectivity index (χ0v) is 15.1. The molecular weight excluding hydrogens is 316 g/mol. The van der Waals surface area contributed by atoms with Crippen molar-refractivity contribution in [3.63, 3.8) is 0 Å². The van der Waals surface area contributed by atoms with Crippen LogP contribution in [0.15, 0.2) is 18.2 Å². The molecule has 1 aromatic carbocycles. The van der Waals surface area contributed by atoms with E-state index in [4.69, 9.17) is 9.47 Å². The summed E-state index contributed by atoms with van der Waals surface area (Å²) in [6.45, 7) is 6.42. The van der Waals surface area contributed by atoms with Gasteiger partial charge in [0, 0.05) is 57.4 Å². The smallest absolute Gasteiger partial charge is 0.227 e. The molecule has 3 heterocycles. The van der Waals surface area contributed by atoms with Gasteiger partial charge in [0.05, 0.1) is 13.2 Å². The summed E-state index contributed by atoms with van der Waals surface area (Å²) < 4.78 is 11.5. The molecule has 0 unspecified atom stereocenters. The van der Waals surface area contributed by atoms with Crippen molar-refractivity contribution in [3.8, 4) is 0 Å². The molecule has 136 valence electrons. The van der Waals surface area contributed by atoms with Crippen LogP contribution in [0.3, 0.4) is 0 Å². The highest BCUT2D eigenvalue weighted by Gasteiger charge is 2.36. The fraction of sp³-hybridized carbons (Fsp3) is 0.650. The van der Waals surface area contributed by atoms with E-state index in [0.29, 0.717) is 6.42 Å². The molecular formula is C20H28N2O3. The minimum absolute atomic E-state index is 0.214. The zero-order chi connectivity index (χ0) is 17.3. The van der Waals surface area contributed by atoms with E-state index < -0.39 is 0 Å². The van der Waals surface area contributed by atoms with Crippen LogP contribution in [0.4, 0.5) is 5.69 Å². The molecule has 2 fully saturated rings. The molecule has 5 heteroatoms. The molecule has 1 amide bonds. The van der Waals surface area contributed by atoms with E-state index in [9.17, 15) is 4.79 Å². The van der Waals surface area contributed by atoms with E-state index in [1.807, 2.05) is 7.05 Å². The van der Waals surface area contributed by atoms with Gasteiger partial charge in [0.25, 0.3) is 0 Å². The Morgan fingerprint density at radius 1 is 1.12 bits per heavy atom. The molecule has 25 heavy (non-hydrogen) atoms. The maximum atomic E-state index is 11.9. The average molecular weight is 344 g/mol. The van der Waals surface area contributed by atoms with Crippen LogP contribution in [0.1, 0.15) is 30.4 Å². The van der Waals surface area contributed by atoms with Gasteiger partial charge in [-0.1, -0.05) is 12.1 Å². The molecule has 4 rings (SSSR count). The molecule has 5 nitrogen and oxygen atoms in total. The van der Waals surface area contributed by atoms with E-state index in [2.05, 4.69) is 23.1 Å². The summed E-state index contributed by atoms with van der Waals surface area (Å²) in [7, 11) is 1.88. The second kappa shape index (κ2) is 7.06. The van der Waals surface area contributed by atoms with Gasteiger partial charge in [0.2, 0.25) is 5.91 Å². The van der Waals surface area contributed by atoms with Crippen molar-refractivity contribution in [2.24, 2.45) is 5.41 Å². The SMILES string of the molecule is CN1C(=O)CCc2cc(CN3CCOCC4(CCOCC4)C3)ccc21.